The minimum absolute atomic E-state index is 0.0843. The molecule has 1 fully saturated rings. The topological polar surface area (TPSA) is 78.5 Å². The summed E-state index contributed by atoms with van der Waals surface area (Å²) in [5.74, 6) is -0.208. The number of aromatic nitrogens is 2. The van der Waals surface area contributed by atoms with E-state index in [2.05, 4.69) is 22.1 Å². The highest BCUT2D eigenvalue weighted by Gasteiger charge is 2.30. The molecule has 1 unspecified atom stereocenters. The van der Waals surface area contributed by atoms with Gasteiger partial charge in [-0.3, -0.25) is 9.59 Å². The highest BCUT2D eigenvalue weighted by Crippen LogP contribution is 2.30. The van der Waals surface area contributed by atoms with Crippen LogP contribution in [0.5, 0.6) is 0 Å². The van der Waals surface area contributed by atoms with Crippen LogP contribution in [-0.4, -0.2) is 71.5 Å². The molecule has 7 heteroatoms. The Bertz CT molecular complexity index is 1330. The van der Waals surface area contributed by atoms with Crippen molar-refractivity contribution in [1.82, 2.24) is 19.8 Å². The third-order valence-corrected chi connectivity index (χ3v) is 5.93. The summed E-state index contributed by atoms with van der Waals surface area (Å²) in [6, 6.07) is 16.0. The molecule has 32 heavy (non-hydrogen) atoms. The van der Waals surface area contributed by atoms with Crippen LogP contribution in [0, 0.1) is 0 Å². The summed E-state index contributed by atoms with van der Waals surface area (Å²) in [6.07, 6.45) is 3.08. The maximum Gasteiger partial charge on any atom is 0.254 e. The van der Waals surface area contributed by atoms with E-state index in [-0.39, 0.29) is 18.4 Å². The fourth-order valence-electron chi connectivity index (χ4n) is 4.21. The summed E-state index contributed by atoms with van der Waals surface area (Å²) in [6.45, 7) is 1.09. The van der Waals surface area contributed by atoms with Gasteiger partial charge in [-0.15, -0.1) is 0 Å². The number of fused-ring (bicyclic) bond motifs is 2. The SMILES string of the molecule is CN(C)C(=O)C1CN(C(=O)c2ccc3cc(-c4ccnc5[nH]ccc45)ccc3c2)CCO1. The molecule has 2 aromatic heterocycles. The number of nitrogens with zero attached hydrogens (tertiary/aromatic N) is 3. The number of likely N-dealkylation sites (N-methyl/N-ethyl adjacent to an activating group) is 1. The van der Waals surface area contributed by atoms with Gasteiger partial charge in [0, 0.05) is 44.0 Å². The standard InChI is InChI=1S/C25H24N4O3/c1-28(2)25(31)22-15-29(11-12-32-22)24(30)19-6-4-16-13-18(5-3-17(16)14-19)20-7-9-26-23-21(20)8-10-27-23/h3-10,13-14,22H,11-12,15H2,1-2H3,(H,26,27). The lowest BCUT2D eigenvalue weighted by Gasteiger charge is -2.33. The zero-order valence-electron chi connectivity index (χ0n) is 18.0. The van der Waals surface area contributed by atoms with Gasteiger partial charge in [0.25, 0.3) is 11.8 Å². The molecule has 4 aromatic rings. The fourth-order valence-corrected chi connectivity index (χ4v) is 4.21. The molecule has 2 aromatic carbocycles. The highest BCUT2D eigenvalue weighted by atomic mass is 16.5. The Hall–Kier alpha value is -3.71. The van der Waals surface area contributed by atoms with Crippen molar-refractivity contribution < 1.29 is 14.3 Å². The van der Waals surface area contributed by atoms with Crippen LogP contribution in [0.15, 0.2) is 60.9 Å². The first-order valence-electron chi connectivity index (χ1n) is 10.6. The molecular formula is C25H24N4O3. The molecular weight excluding hydrogens is 404 g/mol. The van der Waals surface area contributed by atoms with Gasteiger partial charge >= 0.3 is 0 Å². The largest absolute Gasteiger partial charge is 0.365 e. The van der Waals surface area contributed by atoms with Crippen molar-refractivity contribution in [3.63, 3.8) is 0 Å². The molecule has 162 valence electrons. The second kappa shape index (κ2) is 8.09. The lowest BCUT2D eigenvalue weighted by molar-refractivity contribution is -0.145. The Morgan fingerprint density at radius 1 is 1.09 bits per heavy atom. The quantitative estimate of drug-likeness (QED) is 0.543. The van der Waals surface area contributed by atoms with Crippen LogP contribution in [0.3, 0.4) is 0 Å². The van der Waals surface area contributed by atoms with Crippen molar-refractivity contribution >= 4 is 33.6 Å². The number of benzene rings is 2. The van der Waals surface area contributed by atoms with Crippen LogP contribution in [0.4, 0.5) is 0 Å². The smallest absolute Gasteiger partial charge is 0.254 e. The normalized spacial score (nSPS) is 16.4. The lowest BCUT2D eigenvalue weighted by Crippen LogP contribution is -2.51. The minimum Gasteiger partial charge on any atom is -0.365 e. The van der Waals surface area contributed by atoms with Crippen LogP contribution in [0.2, 0.25) is 0 Å². The van der Waals surface area contributed by atoms with E-state index in [4.69, 9.17) is 4.74 Å². The van der Waals surface area contributed by atoms with Crippen LogP contribution in [0.25, 0.3) is 32.9 Å². The predicted octanol–water partition coefficient (Wildman–Crippen LogP) is 3.31. The van der Waals surface area contributed by atoms with Gasteiger partial charge in [0.15, 0.2) is 6.10 Å². The molecule has 5 rings (SSSR count). The second-order valence-corrected chi connectivity index (χ2v) is 8.22. The molecule has 0 aliphatic carbocycles. The number of amides is 2. The number of rotatable bonds is 3. The monoisotopic (exact) mass is 428 g/mol. The van der Waals surface area contributed by atoms with Gasteiger partial charge in [-0.2, -0.15) is 0 Å². The van der Waals surface area contributed by atoms with Crippen LogP contribution in [0.1, 0.15) is 10.4 Å². The molecule has 7 nitrogen and oxygen atoms in total. The van der Waals surface area contributed by atoms with Gasteiger partial charge < -0.3 is 19.5 Å². The summed E-state index contributed by atoms with van der Waals surface area (Å²) < 4.78 is 5.58. The van der Waals surface area contributed by atoms with Crippen LogP contribution < -0.4 is 0 Å². The Kier molecular flexibility index (Phi) is 5.11. The molecule has 1 atom stereocenters. The number of aromatic amines is 1. The number of morpholine rings is 1. The Balaban J connectivity index is 1.41. The van der Waals surface area contributed by atoms with Crippen molar-refractivity contribution in [2.75, 3.05) is 33.8 Å². The van der Waals surface area contributed by atoms with Gasteiger partial charge in [0.1, 0.15) is 5.65 Å². The van der Waals surface area contributed by atoms with E-state index in [9.17, 15) is 9.59 Å². The molecule has 1 aliphatic rings. The fraction of sp³-hybridized carbons (Fsp3) is 0.240. The number of H-pyrrole nitrogens is 1. The van der Waals surface area contributed by atoms with Crippen LogP contribution >= 0.6 is 0 Å². The number of pyridine rings is 1. The average molecular weight is 428 g/mol. The molecule has 0 saturated carbocycles. The number of carbonyl (C=O) groups is 2. The predicted molar refractivity (Wildman–Crippen MR) is 123 cm³/mol. The third kappa shape index (κ3) is 3.61. The highest BCUT2D eigenvalue weighted by molar-refractivity contribution is 6.01. The lowest BCUT2D eigenvalue weighted by atomic mass is 9.98. The first kappa shape index (κ1) is 20.2. The summed E-state index contributed by atoms with van der Waals surface area (Å²) in [7, 11) is 3.38. The van der Waals surface area contributed by atoms with E-state index >= 15 is 0 Å². The van der Waals surface area contributed by atoms with E-state index in [1.807, 2.05) is 42.6 Å². The number of hydrogen-bond donors (Lipinski definition) is 1. The summed E-state index contributed by atoms with van der Waals surface area (Å²) in [5.41, 5.74) is 3.69. The molecule has 1 saturated heterocycles. The Labute approximate surface area is 185 Å². The summed E-state index contributed by atoms with van der Waals surface area (Å²) in [5, 5.41) is 3.13. The first-order valence-corrected chi connectivity index (χ1v) is 10.6. The zero-order valence-corrected chi connectivity index (χ0v) is 18.0. The average Bonchev–Trinajstić information content (AvgIpc) is 3.31. The van der Waals surface area contributed by atoms with Gasteiger partial charge in [0.2, 0.25) is 0 Å². The molecule has 3 heterocycles. The van der Waals surface area contributed by atoms with Gasteiger partial charge in [-0.1, -0.05) is 18.2 Å². The van der Waals surface area contributed by atoms with Gasteiger partial charge in [-0.25, -0.2) is 4.98 Å². The third-order valence-electron chi connectivity index (χ3n) is 5.93. The van der Waals surface area contributed by atoms with E-state index in [1.165, 1.54) is 4.90 Å². The molecule has 0 radical (unpaired) electrons. The first-order chi connectivity index (χ1) is 15.5. The van der Waals surface area contributed by atoms with Crippen molar-refractivity contribution in [1.29, 1.82) is 0 Å². The number of ether oxygens (including phenoxy) is 1. The molecule has 0 bridgehead atoms. The maximum absolute atomic E-state index is 13.1. The van der Waals surface area contributed by atoms with Gasteiger partial charge in [-0.05, 0) is 52.2 Å². The van der Waals surface area contributed by atoms with Crippen molar-refractivity contribution in [2.45, 2.75) is 6.10 Å². The van der Waals surface area contributed by atoms with E-state index < -0.39 is 6.10 Å². The minimum atomic E-state index is -0.614. The Morgan fingerprint density at radius 2 is 1.91 bits per heavy atom. The van der Waals surface area contributed by atoms with Crippen molar-refractivity contribution in [3.05, 3.63) is 66.5 Å². The number of hydrogen-bond acceptors (Lipinski definition) is 4. The Morgan fingerprint density at radius 3 is 2.75 bits per heavy atom. The second-order valence-electron chi connectivity index (χ2n) is 8.22. The van der Waals surface area contributed by atoms with Crippen LogP contribution in [-0.2, 0) is 9.53 Å². The molecule has 1 aliphatic heterocycles. The van der Waals surface area contributed by atoms with E-state index in [1.54, 1.807) is 25.2 Å². The van der Waals surface area contributed by atoms with Gasteiger partial charge in [0.05, 0.1) is 13.2 Å². The summed E-state index contributed by atoms with van der Waals surface area (Å²) >= 11 is 0. The van der Waals surface area contributed by atoms with Crippen molar-refractivity contribution in [2.24, 2.45) is 0 Å². The maximum atomic E-state index is 13.1. The van der Waals surface area contributed by atoms with E-state index in [0.29, 0.717) is 18.7 Å². The molecule has 2 amide bonds. The van der Waals surface area contributed by atoms with E-state index in [0.717, 1.165) is 32.9 Å². The number of carbonyl (C=O) groups excluding carboxylic acids is 2. The summed E-state index contributed by atoms with van der Waals surface area (Å²) in [4.78, 5) is 36.1. The molecule has 1 N–H and O–H groups in total. The zero-order chi connectivity index (χ0) is 22.2. The molecule has 0 spiro atoms. The number of nitrogens with one attached hydrogen (secondary N) is 1. The van der Waals surface area contributed by atoms with Crippen molar-refractivity contribution in [3.8, 4) is 11.1 Å².